The van der Waals surface area contributed by atoms with E-state index >= 15 is 0 Å². The largest absolute Gasteiger partial charge is 0.494 e. The van der Waals surface area contributed by atoms with Gasteiger partial charge in [-0.05, 0) is 31.9 Å². The van der Waals surface area contributed by atoms with Crippen LogP contribution in [0.3, 0.4) is 0 Å². The minimum atomic E-state index is -0.392. The average molecular weight is 406 g/mol. The summed E-state index contributed by atoms with van der Waals surface area (Å²) < 4.78 is 5.39. The molecule has 3 saturated heterocycles. The highest BCUT2D eigenvalue weighted by Crippen LogP contribution is 2.47. The molecule has 1 aromatic rings. The third-order valence-corrected chi connectivity index (χ3v) is 7.85. The highest BCUT2D eigenvalue weighted by Gasteiger charge is 2.54. The van der Waals surface area contributed by atoms with E-state index in [1.807, 2.05) is 29.2 Å². The number of carbonyl (C=O) groups is 2. The van der Waals surface area contributed by atoms with Gasteiger partial charge in [-0.2, -0.15) is 0 Å². The number of methoxy groups -OCH3 is 1. The Morgan fingerprint density at radius 1 is 1.37 bits per heavy atom. The monoisotopic (exact) mass is 405 g/mol. The first-order valence-corrected chi connectivity index (χ1v) is 11.1. The predicted octanol–water partition coefficient (Wildman–Crippen LogP) is 3.10. The zero-order valence-electron chi connectivity index (χ0n) is 15.5. The van der Waals surface area contributed by atoms with Crippen LogP contribution in [0.1, 0.15) is 26.2 Å². The molecule has 3 fully saturated rings. The van der Waals surface area contributed by atoms with Gasteiger partial charge in [0.15, 0.2) is 5.17 Å². The van der Waals surface area contributed by atoms with Crippen molar-refractivity contribution < 1.29 is 14.3 Å². The maximum atomic E-state index is 13.4. The number of benzene rings is 1. The van der Waals surface area contributed by atoms with Gasteiger partial charge in [0, 0.05) is 24.5 Å². The molecule has 8 heteroatoms. The lowest BCUT2D eigenvalue weighted by molar-refractivity contribution is -0.141. The Kier molecular flexibility index (Phi) is 5.11. The third-order valence-electron chi connectivity index (χ3n) is 5.29. The van der Waals surface area contributed by atoms with E-state index < -0.39 is 6.04 Å². The Labute approximate surface area is 167 Å². The minimum Gasteiger partial charge on any atom is -0.494 e. The highest BCUT2D eigenvalue weighted by molar-refractivity contribution is 8.13. The molecule has 0 aromatic heterocycles. The molecule has 0 aliphatic carbocycles. The molecule has 0 N–H and O–H groups in total. The zero-order valence-corrected chi connectivity index (χ0v) is 17.1. The van der Waals surface area contributed by atoms with Gasteiger partial charge < -0.3 is 9.64 Å². The number of nitrogens with zero attached hydrogens (tertiary/aromatic N) is 3. The Bertz CT molecular complexity index is 800. The molecule has 3 heterocycles. The summed E-state index contributed by atoms with van der Waals surface area (Å²) >= 11 is 3.31. The van der Waals surface area contributed by atoms with Gasteiger partial charge >= 0.3 is 0 Å². The van der Waals surface area contributed by atoms with Crippen molar-refractivity contribution in [2.75, 3.05) is 25.2 Å². The fourth-order valence-electron chi connectivity index (χ4n) is 3.87. The summed E-state index contributed by atoms with van der Waals surface area (Å²) in [6.45, 7) is 2.71. The SMILES string of the molecule is COc1ccccc1N=C1SCCCN1C(=O)C1CSC2(C)CCC(=O)N12. The molecule has 6 nitrogen and oxygen atoms in total. The summed E-state index contributed by atoms with van der Waals surface area (Å²) in [5, 5.41) is 0.695. The van der Waals surface area contributed by atoms with E-state index in [1.165, 1.54) is 0 Å². The van der Waals surface area contributed by atoms with Crippen molar-refractivity contribution in [2.45, 2.75) is 37.1 Å². The first kappa shape index (κ1) is 18.7. The molecule has 0 radical (unpaired) electrons. The molecule has 2 unspecified atom stereocenters. The van der Waals surface area contributed by atoms with Crippen LogP contribution in [0.25, 0.3) is 0 Å². The van der Waals surface area contributed by atoms with Crippen molar-refractivity contribution in [1.29, 1.82) is 0 Å². The normalized spacial score (nSPS) is 29.3. The summed E-state index contributed by atoms with van der Waals surface area (Å²) in [4.78, 5) is 33.9. The lowest BCUT2D eigenvalue weighted by Gasteiger charge is -2.34. The molecule has 0 bridgehead atoms. The second-order valence-electron chi connectivity index (χ2n) is 7.02. The topological polar surface area (TPSA) is 62.2 Å². The minimum absolute atomic E-state index is 0.0117. The van der Waals surface area contributed by atoms with Gasteiger partial charge in [-0.1, -0.05) is 23.9 Å². The number of aliphatic imine (C=N–C) groups is 1. The molecular formula is C19H23N3O3S2. The van der Waals surface area contributed by atoms with Gasteiger partial charge in [-0.25, -0.2) is 4.99 Å². The molecular weight excluding hydrogens is 382 g/mol. The van der Waals surface area contributed by atoms with Gasteiger partial charge in [-0.15, -0.1) is 11.8 Å². The summed E-state index contributed by atoms with van der Waals surface area (Å²) in [5.74, 6) is 2.35. The van der Waals surface area contributed by atoms with E-state index in [1.54, 1.807) is 35.5 Å². The first-order chi connectivity index (χ1) is 13.0. The number of rotatable bonds is 3. The fraction of sp³-hybridized carbons (Fsp3) is 0.526. The quantitative estimate of drug-likeness (QED) is 0.773. The Morgan fingerprint density at radius 2 is 2.19 bits per heavy atom. The van der Waals surface area contributed by atoms with Gasteiger partial charge in [0.05, 0.1) is 12.0 Å². The summed E-state index contributed by atoms with van der Waals surface area (Å²) in [7, 11) is 1.62. The second-order valence-corrected chi connectivity index (χ2v) is 9.59. The molecule has 4 rings (SSSR count). The zero-order chi connectivity index (χ0) is 19.0. The standard InChI is InChI=1S/C19H23N3O3S2/c1-19-9-8-16(23)22(19)14(12-27-19)17(24)21-10-5-11-26-18(21)20-13-6-3-4-7-15(13)25-2/h3-4,6-7,14H,5,8-12H2,1-2H3. The number of fused-ring (bicyclic) bond motifs is 1. The molecule has 2 amide bonds. The van der Waals surface area contributed by atoms with Crippen LogP contribution in [0.4, 0.5) is 5.69 Å². The first-order valence-electron chi connectivity index (χ1n) is 9.15. The van der Waals surface area contributed by atoms with Gasteiger partial charge in [-0.3, -0.25) is 14.5 Å². The summed E-state index contributed by atoms with van der Waals surface area (Å²) in [6, 6.07) is 7.16. The Morgan fingerprint density at radius 3 is 3.00 bits per heavy atom. The molecule has 2 atom stereocenters. The van der Waals surface area contributed by atoms with Gasteiger partial charge in [0.25, 0.3) is 5.91 Å². The van der Waals surface area contributed by atoms with Crippen molar-refractivity contribution in [3.8, 4) is 5.75 Å². The Balaban J connectivity index is 1.62. The van der Waals surface area contributed by atoms with Crippen LogP contribution in [0, 0.1) is 0 Å². The number of amidine groups is 1. The van der Waals surface area contributed by atoms with Crippen LogP contribution < -0.4 is 4.74 Å². The molecule has 3 aliphatic heterocycles. The average Bonchev–Trinajstić information content (AvgIpc) is 3.18. The summed E-state index contributed by atoms with van der Waals surface area (Å²) in [6.07, 6.45) is 2.27. The molecule has 27 heavy (non-hydrogen) atoms. The van der Waals surface area contributed by atoms with Crippen LogP contribution >= 0.6 is 23.5 Å². The maximum absolute atomic E-state index is 13.4. The van der Waals surface area contributed by atoms with Crippen LogP contribution in [0.15, 0.2) is 29.3 Å². The van der Waals surface area contributed by atoms with Crippen molar-refractivity contribution in [1.82, 2.24) is 9.80 Å². The number of hydrogen-bond acceptors (Lipinski definition) is 6. The second kappa shape index (κ2) is 7.39. The lowest BCUT2D eigenvalue weighted by Crippen LogP contribution is -2.53. The molecule has 0 spiro atoms. The number of amides is 2. The third kappa shape index (κ3) is 3.33. The van der Waals surface area contributed by atoms with Gasteiger partial charge in [0.1, 0.15) is 17.5 Å². The smallest absolute Gasteiger partial charge is 0.252 e. The van der Waals surface area contributed by atoms with E-state index in [0.717, 1.165) is 18.6 Å². The maximum Gasteiger partial charge on any atom is 0.252 e. The van der Waals surface area contributed by atoms with Gasteiger partial charge in [0.2, 0.25) is 5.91 Å². The van der Waals surface area contributed by atoms with E-state index in [2.05, 4.69) is 6.92 Å². The van der Waals surface area contributed by atoms with E-state index in [-0.39, 0.29) is 16.7 Å². The number of thioether (sulfide) groups is 2. The molecule has 0 saturated carbocycles. The lowest BCUT2D eigenvalue weighted by atomic mass is 10.2. The van der Waals surface area contributed by atoms with Crippen molar-refractivity contribution in [3.63, 3.8) is 0 Å². The van der Waals surface area contributed by atoms with E-state index in [4.69, 9.17) is 9.73 Å². The number of hydrogen-bond donors (Lipinski definition) is 0. The number of para-hydroxylation sites is 2. The molecule has 3 aliphatic rings. The van der Waals surface area contributed by atoms with Crippen molar-refractivity contribution in [3.05, 3.63) is 24.3 Å². The number of carbonyl (C=O) groups excluding carboxylic acids is 2. The van der Waals surface area contributed by atoms with Crippen molar-refractivity contribution in [2.24, 2.45) is 4.99 Å². The fourth-order valence-corrected chi connectivity index (χ4v) is 6.24. The predicted molar refractivity (Wildman–Crippen MR) is 110 cm³/mol. The Hall–Kier alpha value is -1.67. The van der Waals surface area contributed by atoms with Crippen LogP contribution in [-0.4, -0.2) is 62.9 Å². The van der Waals surface area contributed by atoms with E-state index in [9.17, 15) is 9.59 Å². The highest BCUT2D eigenvalue weighted by atomic mass is 32.2. The summed E-state index contributed by atoms with van der Waals surface area (Å²) in [5.41, 5.74) is 0.713. The van der Waals surface area contributed by atoms with E-state index in [0.29, 0.717) is 35.3 Å². The van der Waals surface area contributed by atoms with Crippen LogP contribution in [0.2, 0.25) is 0 Å². The molecule has 144 valence electrons. The van der Waals surface area contributed by atoms with Crippen LogP contribution in [0.5, 0.6) is 5.75 Å². The molecule has 1 aromatic carbocycles. The van der Waals surface area contributed by atoms with Crippen LogP contribution in [-0.2, 0) is 9.59 Å². The van der Waals surface area contributed by atoms with Crippen molar-refractivity contribution >= 4 is 46.2 Å². The number of ether oxygens (including phenoxy) is 1.